The summed E-state index contributed by atoms with van der Waals surface area (Å²) < 4.78 is 0. The molecular weight excluding hydrogens is 144 g/mol. The van der Waals surface area contributed by atoms with Crippen molar-refractivity contribution in [3.63, 3.8) is 0 Å². The molecule has 1 radical (unpaired) electrons. The first-order valence-electron chi connectivity index (χ1n) is 4.24. The Hall–Kier alpha value is -1.30. The Balaban J connectivity index is 2.28. The quantitative estimate of drug-likeness (QED) is 0.504. The number of hydrogen-bond donors (Lipinski definition) is 0. The largest absolute Gasteiger partial charge is 0.0767 e. The van der Waals surface area contributed by atoms with Gasteiger partial charge in [-0.05, 0) is 6.08 Å². The van der Waals surface area contributed by atoms with Crippen molar-refractivity contribution < 1.29 is 0 Å². The van der Waals surface area contributed by atoms with Gasteiger partial charge in [-0.2, -0.15) is 0 Å². The Morgan fingerprint density at radius 2 is 1.50 bits per heavy atom. The van der Waals surface area contributed by atoms with Crippen molar-refractivity contribution >= 4 is 0 Å². The van der Waals surface area contributed by atoms with Gasteiger partial charge in [-0.15, -0.1) is 0 Å². The second-order valence-electron chi connectivity index (χ2n) is 2.98. The lowest BCUT2D eigenvalue weighted by Crippen LogP contribution is -2.08. The molecule has 0 saturated carbocycles. The van der Waals surface area contributed by atoms with E-state index in [9.17, 15) is 0 Å². The molecule has 0 aromatic heterocycles. The third-order valence-corrected chi connectivity index (χ3v) is 2.12. The van der Waals surface area contributed by atoms with E-state index in [1.807, 2.05) is 18.2 Å². The van der Waals surface area contributed by atoms with E-state index in [2.05, 4.69) is 42.5 Å². The van der Waals surface area contributed by atoms with Gasteiger partial charge < -0.3 is 0 Å². The van der Waals surface area contributed by atoms with E-state index in [0.717, 1.165) is 0 Å². The van der Waals surface area contributed by atoms with Gasteiger partial charge >= 0.3 is 0 Å². The normalized spacial score (nSPS) is 39.3. The number of hydrogen-bond acceptors (Lipinski definition) is 0. The monoisotopic (exact) mass is 155 g/mol. The standard InChI is InChI=1S/C12H11/c1-2-4-8-12-10-6-5-9-11(12)7-3-1/h1-7,9-12H/b2-1-,7-3-,8-4?. The maximum Gasteiger partial charge on any atom is 0.0122 e. The third-order valence-electron chi connectivity index (χ3n) is 2.12. The predicted octanol–water partition coefficient (Wildman–Crippen LogP) is 2.83. The maximum atomic E-state index is 3.32. The average molecular weight is 155 g/mol. The van der Waals surface area contributed by atoms with Crippen molar-refractivity contribution in [3.05, 3.63) is 60.8 Å². The molecule has 2 aliphatic carbocycles. The van der Waals surface area contributed by atoms with Crippen LogP contribution in [0, 0.1) is 17.9 Å². The first kappa shape index (κ1) is 7.35. The predicted molar refractivity (Wildman–Crippen MR) is 51.4 cm³/mol. The smallest absolute Gasteiger partial charge is 0.0122 e. The van der Waals surface area contributed by atoms with Crippen LogP contribution < -0.4 is 0 Å². The number of allylic oxidation sites excluding steroid dienone is 10. The summed E-state index contributed by atoms with van der Waals surface area (Å²) in [5.41, 5.74) is 0. The molecule has 0 heterocycles. The van der Waals surface area contributed by atoms with E-state index in [0.29, 0.717) is 11.8 Å². The van der Waals surface area contributed by atoms with Gasteiger partial charge in [-0.1, -0.05) is 54.7 Å². The lowest BCUT2D eigenvalue weighted by atomic mass is 9.87. The maximum absolute atomic E-state index is 3.32. The third kappa shape index (κ3) is 1.48. The summed E-state index contributed by atoms with van der Waals surface area (Å²) in [5, 5.41) is 0. The topological polar surface area (TPSA) is 0 Å². The summed E-state index contributed by atoms with van der Waals surface area (Å²) in [7, 11) is 0. The fourth-order valence-corrected chi connectivity index (χ4v) is 1.45. The molecule has 2 unspecified atom stereocenters. The van der Waals surface area contributed by atoms with Crippen molar-refractivity contribution in [2.45, 2.75) is 0 Å². The van der Waals surface area contributed by atoms with E-state index >= 15 is 0 Å². The molecule has 0 N–H and O–H groups in total. The van der Waals surface area contributed by atoms with Crippen molar-refractivity contribution in [2.24, 2.45) is 11.8 Å². The fourth-order valence-electron chi connectivity index (χ4n) is 1.45. The molecule has 59 valence electrons. The van der Waals surface area contributed by atoms with E-state index in [1.165, 1.54) is 0 Å². The first-order chi connectivity index (χ1) is 5.97. The second-order valence-corrected chi connectivity index (χ2v) is 2.98. The minimum absolute atomic E-state index is 0.427. The molecule has 0 amide bonds. The van der Waals surface area contributed by atoms with Gasteiger partial charge in [0.05, 0.1) is 0 Å². The Bertz CT molecular complexity index is 257. The summed E-state index contributed by atoms with van der Waals surface area (Å²) in [4.78, 5) is 0. The highest BCUT2D eigenvalue weighted by Gasteiger charge is 2.12. The zero-order valence-corrected chi connectivity index (χ0v) is 6.85. The lowest BCUT2D eigenvalue weighted by molar-refractivity contribution is 0.651. The summed E-state index contributed by atoms with van der Waals surface area (Å²) in [5.74, 6) is 0.924. The minimum atomic E-state index is 0.427. The minimum Gasteiger partial charge on any atom is -0.0767 e. The highest BCUT2D eigenvalue weighted by atomic mass is 14.2. The van der Waals surface area contributed by atoms with Gasteiger partial charge in [0.1, 0.15) is 0 Å². The van der Waals surface area contributed by atoms with Gasteiger partial charge in [-0.3, -0.25) is 0 Å². The molecule has 0 aromatic carbocycles. The number of rotatable bonds is 0. The van der Waals surface area contributed by atoms with Crippen molar-refractivity contribution in [1.82, 2.24) is 0 Å². The molecule has 0 spiro atoms. The second kappa shape index (κ2) is 3.40. The molecule has 0 fully saturated rings. The highest BCUT2D eigenvalue weighted by molar-refractivity contribution is 5.25. The molecular formula is C12H11. The van der Waals surface area contributed by atoms with Crippen molar-refractivity contribution in [1.29, 1.82) is 0 Å². The van der Waals surface area contributed by atoms with Crippen molar-refractivity contribution in [2.75, 3.05) is 0 Å². The highest BCUT2D eigenvalue weighted by Crippen LogP contribution is 2.22. The number of fused-ring (bicyclic) bond motifs is 1. The van der Waals surface area contributed by atoms with Crippen molar-refractivity contribution in [3.8, 4) is 0 Å². The van der Waals surface area contributed by atoms with Gasteiger partial charge in [0.2, 0.25) is 0 Å². The van der Waals surface area contributed by atoms with Crippen LogP contribution in [0.5, 0.6) is 0 Å². The van der Waals surface area contributed by atoms with Gasteiger partial charge in [-0.25, -0.2) is 0 Å². The van der Waals surface area contributed by atoms with Crippen LogP contribution >= 0.6 is 0 Å². The summed E-state index contributed by atoms with van der Waals surface area (Å²) >= 11 is 0. The molecule has 0 heteroatoms. The van der Waals surface area contributed by atoms with E-state index in [-0.39, 0.29) is 0 Å². The molecule has 2 rings (SSSR count). The lowest BCUT2D eigenvalue weighted by Gasteiger charge is -2.17. The molecule has 0 nitrogen and oxygen atoms in total. The zero-order chi connectivity index (χ0) is 8.23. The van der Waals surface area contributed by atoms with Crippen LogP contribution in [0.2, 0.25) is 0 Å². The Kier molecular flexibility index (Phi) is 2.08. The van der Waals surface area contributed by atoms with Crippen LogP contribution in [0.25, 0.3) is 0 Å². The van der Waals surface area contributed by atoms with Crippen LogP contribution in [0.4, 0.5) is 0 Å². The average Bonchev–Trinajstić information content (AvgIpc) is 2.06. The van der Waals surface area contributed by atoms with Gasteiger partial charge in [0, 0.05) is 11.8 Å². The SMILES string of the molecule is [C]1=C/C=C\C=C/C2C=CC=CC\12. The Morgan fingerprint density at radius 1 is 0.750 bits per heavy atom. The van der Waals surface area contributed by atoms with Crippen LogP contribution in [-0.2, 0) is 0 Å². The fraction of sp³-hybridized carbons (Fsp3) is 0.167. The Morgan fingerprint density at radius 3 is 2.42 bits per heavy atom. The Labute approximate surface area is 73.3 Å². The molecule has 0 saturated heterocycles. The molecule has 0 aliphatic heterocycles. The summed E-state index contributed by atoms with van der Waals surface area (Å²) in [6.07, 6.45) is 22.2. The van der Waals surface area contributed by atoms with Crippen LogP contribution in [0.3, 0.4) is 0 Å². The van der Waals surface area contributed by atoms with E-state index < -0.39 is 0 Å². The molecule has 0 aromatic rings. The van der Waals surface area contributed by atoms with Crippen LogP contribution in [0.15, 0.2) is 54.7 Å². The first-order valence-corrected chi connectivity index (χ1v) is 4.24. The van der Waals surface area contributed by atoms with E-state index in [4.69, 9.17) is 0 Å². The molecule has 0 bridgehead atoms. The van der Waals surface area contributed by atoms with E-state index in [1.54, 1.807) is 0 Å². The molecule has 12 heavy (non-hydrogen) atoms. The van der Waals surface area contributed by atoms with Gasteiger partial charge in [0.25, 0.3) is 0 Å². The summed E-state index contributed by atoms with van der Waals surface area (Å²) in [6, 6.07) is 0. The van der Waals surface area contributed by atoms with Crippen LogP contribution in [-0.4, -0.2) is 0 Å². The zero-order valence-electron chi connectivity index (χ0n) is 6.85. The van der Waals surface area contributed by atoms with Gasteiger partial charge in [0.15, 0.2) is 0 Å². The van der Waals surface area contributed by atoms with Crippen LogP contribution in [0.1, 0.15) is 0 Å². The summed E-state index contributed by atoms with van der Waals surface area (Å²) in [6.45, 7) is 0. The molecule has 2 atom stereocenters. The molecule has 2 aliphatic rings.